The largest absolute Gasteiger partial charge is 0.334 e. The normalized spacial score (nSPS) is 20.6. The Labute approximate surface area is 213 Å². The monoisotopic (exact) mass is 531 g/mol. The molecular formula is C24H32Cl2FN3O3S. The first-order chi connectivity index (χ1) is 15.3. The number of likely N-dealkylation sites (tertiary alicyclic amines) is 2. The summed E-state index contributed by atoms with van der Waals surface area (Å²) in [6.45, 7) is 6.36. The molecule has 2 aromatic rings. The van der Waals surface area contributed by atoms with Crippen LogP contribution in [0.3, 0.4) is 0 Å². The number of aromatic nitrogens is 1. The molecule has 0 aliphatic carbocycles. The van der Waals surface area contributed by atoms with Crippen molar-refractivity contribution < 1.29 is 17.6 Å². The van der Waals surface area contributed by atoms with E-state index in [1.807, 2.05) is 4.90 Å². The number of hydrogen-bond acceptors (Lipinski definition) is 5. The number of hydrogen-bond donors (Lipinski definition) is 0. The quantitative estimate of drug-likeness (QED) is 0.544. The second-order valence-electron chi connectivity index (χ2n) is 8.76. The zero-order valence-corrected chi connectivity index (χ0v) is 21.9. The van der Waals surface area contributed by atoms with Gasteiger partial charge in [0.05, 0.1) is 11.3 Å². The molecule has 2 saturated heterocycles. The number of halogens is 3. The van der Waals surface area contributed by atoms with Gasteiger partial charge in [-0.05, 0) is 69.0 Å². The van der Waals surface area contributed by atoms with Crippen molar-refractivity contribution >= 4 is 40.6 Å². The number of amides is 1. The minimum Gasteiger partial charge on any atom is -0.334 e. The Morgan fingerprint density at radius 2 is 1.79 bits per heavy atom. The van der Waals surface area contributed by atoms with Crippen LogP contribution in [0.5, 0.6) is 0 Å². The molecule has 0 unspecified atom stereocenters. The molecule has 2 fully saturated rings. The Morgan fingerprint density at radius 1 is 1.09 bits per heavy atom. The fraction of sp³-hybridized carbons (Fsp3) is 0.500. The molecule has 0 spiro atoms. The summed E-state index contributed by atoms with van der Waals surface area (Å²) in [6.07, 6.45) is 5.70. The average molecular weight is 533 g/mol. The number of sulfone groups is 1. The second-order valence-corrected chi connectivity index (χ2v) is 11.0. The molecule has 6 nitrogen and oxygen atoms in total. The lowest BCUT2D eigenvalue weighted by molar-refractivity contribution is 0.0692. The molecule has 0 N–H and O–H groups in total. The predicted octanol–water partition coefficient (Wildman–Crippen LogP) is 4.61. The summed E-state index contributed by atoms with van der Waals surface area (Å²) in [4.78, 5) is 21.4. The molecule has 4 rings (SSSR count). The van der Waals surface area contributed by atoms with E-state index in [4.69, 9.17) is 0 Å². The number of carbonyl (C=O) groups excluding carboxylic acids is 1. The third kappa shape index (κ3) is 5.90. The Bertz CT molecular complexity index is 1100. The van der Waals surface area contributed by atoms with Gasteiger partial charge in [0.1, 0.15) is 5.82 Å². The molecule has 2 aliphatic heterocycles. The number of carbonyl (C=O) groups is 1. The van der Waals surface area contributed by atoms with Crippen LogP contribution in [0.2, 0.25) is 0 Å². The molecule has 3 heterocycles. The summed E-state index contributed by atoms with van der Waals surface area (Å²) in [6, 6.07) is 8.24. The van der Waals surface area contributed by atoms with Crippen molar-refractivity contribution in [2.24, 2.45) is 0 Å². The Kier molecular flexibility index (Phi) is 9.89. The van der Waals surface area contributed by atoms with Gasteiger partial charge < -0.3 is 4.90 Å². The standard InChI is InChI=1S/C24H30FN3O3S.2ClH/c1-3-32(30,31)23-11-9-19(15-26-23)18-8-10-21(22(25)14-18)24(29)28-13-5-7-20(28)16-27-12-4-6-17(27)2;;/h8-11,14-15,17,20H,3-7,12-13,16H2,1-2H3;2*1H/t17-,20+;;/m1../s1. The molecule has 1 amide bonds. The van der Waals surface area contributed by atoms with Gasteiger partial charge >= 0.3 is 0 Å². The van der Waals surface area contributed by atoms with Crippen molar-refractivity contribution in [3.05, 3.63) is 47.9 Å². The van der Waals surface area contributed by atoms with Gasteiger partial charge in [0.2, 0.25) is 0 Å². The summed E-state index contributed by atoms with van der Waals surface area (Å²) < 4.78 is 38.9. The number of benzene rings is 1. The summed E-state index contributed by atoms with van der Waals surface area (Å²) >= 11 is 0. The van der Waals surface area contributed by atoms with Crippen LogP contribution in [0.25, 0.3) is 11.1 Å². The molecule has 2 aliphatic rings. The summed E-state index contributed by atoms with van der Waals surface area (Å²) in [5, 5.41) is 0.00316. The van der Waals surface area contributed by atoms with Gasteiger partial charge in [-0.2, -0.15) is 0 Å². The number of rotatable bonds is 6. The first kappa shape index (κ1) is 28.5. The lowest BCUT2D eigenvalue weighted by atomic mass is 10.0. The van der Waals surface area contributed by atoms with E-state index in [0.29, 0.717) is 23.7 Å². The maximum absolute atomic E-state index is 15.0. The van der Waals surface area contributed by atoms with E-state index >= 15 is 0 Å². The smallest absolute Gasteiger partial charge is 0.257 e. The van der Waals surface area contributed by atoms with Gasteiger partial charge in [0, 0.05) is 36.9 Å². The van der Waals surface area contributed by atoms with Gasteiger partial charge in [0.25, 0.3) is 5.91 Å². The Hall–Kier alpha value is -1.74. The first-order valence-electron chi connectivity index (χ1n) is 11.3. The van der Waals surface area contributed by atoms with E-state index in [1.54, 1.807) is 19.1 Å². The van der Waals surface area contributed by atoms with E-state index in [2.05, 4.69) is 16.8 Å². The van der Waals surface area contributed by atoms with E-state index in [1.165, 1.54) is 37.2 Å². The highest BCUT2D eigenvalue weighted by Crippen LogP contribution is 2.27. The van der Waals surface area contributed by atoms with Crippen LogP contribution in [-0.2, 0) is 9.84 Å². The highest BCUT2D eigenvalue weighted by molar-refractivity contribution is 7.91. The lowest BCUT2D eigenvalue weighted by Crippen LogP contribution is -2.44. The van der Waals surface area contributed by atoms with Crippen molar-refractivity contribution in [1.29, 1.82) is 0 Å². The molecule has 2 atom stereocenters. The van der Waals surface area contributed by atoms with E-state index in [-0.39, 0.29) is 53.1 Å². The molecule has 10 heteroatoms. The van der Waals surface area contributed by atoms with Crippen molar-refractivity contribution in [3.63, 3.8) is 0 Å². The minimum atomic E-state index is -3.39. The van der Waals surface area contributed by atoms with Gasteiger partial charge in [-0.1, -0.05) is 13.0 Å². The maximum Gasteiger partial charge on any atom is 0.257 e. The summed E-state index contributed by atoms with van der Waals surface area (Å²) in [7, 11) is -3.39. The molecule has 1 aromatic carbocycles. The highest BCUT2D eigenvalue weighted by Gasteiger charge is 2.33. The first-order valence-corrected chi connectivity index (χ1v) is 13.0. The van der Waals surface area contributed by atoms with Gasteiger partial charge in [0.15, 0.2) is 14.9 Å². The topological polar surface area (TPSA) is 70.6 Å². The van der Waals surface area contributed by atoms with E-state index in [0.717, 1.165) is 25.9 Å². The van der Waals surface area contributed by atoms with Crippen LogP contribution in [0.15, 0.2) is 41.6 Å². The van der Waals surface area contributed by atoms with Crippen LogP contribution in [-0.4, -0.2) is 66.6 Å². The lowest BCUT2D eigenvalue weighted by Gasteiger charge is -2.31. The van der Waals surface area contributed by atoms with E-state index in [9.17, 15) is 17.6 Å². The summed E-state index contributed by atoms with van der Waals surface area (Å²) in [5.41, 5.74) is 1.23. The molecule has 34 heavy (non-hydrogen) atoms. The second kappa shape index (κ2) is 11.8. The van der Waals surface area contributed by atoms with Crippen LogP contribution in [0.1, 0.15) is 49.9 Å². The SMILES string of the molecule is CCS(=O)(=O)c1ccc(-c2ccc(C(=O)N3CCC[C@H]3CN3CCC[C@H]3C)c(F)c2)cn1.Cl.Cl. The van der Waals surface area contributed by atoms with Gasteiger partial charge in [-0.3, -0.25) is 9.69 Å². The van der Waals surface area contributed by atoms with Crippen molar-refractivity contribution in [1.82, 2.24) is 14.8 Å². The number of nitrogens with zero attached hydrogens (tertiary/aromatic N) is 3. The molecule has 1 aromatic heterocycles. The van der Waals surface area contributed by atoms with Crippen molar-refractivity contribution in [3.8, 4) is 11.1 Å². The molecule has 0 saturated carbocycles. The maximum atomic E-state index is 15.0. The van der Waals surface area contributed by atoms with E-state index < -0.39 is 15.7 Å². The van der Waals surface area contributed by atoms with Crippen LogP contribution in [0.4, 0.5) is 4.39 Å². The van der Waals surface area contributed by atoms with Gasteiger partial charge in [-0.15, -0.1) is 24.8 Å². The van der Waals surface area contributed by atoms with Crippen LogP contribution in [0, 0.1) is 5.82 Å². The van der Waals surface area contributed by atoms with Crippen LogP contribution < -0.4 is 0 Å². The molecule has 0 bridgehead atoms. The molecule has 0 radical (unpaired) electrons. The van der Waals surface area contributed by atoms with Crippen molar-refractivity contribution in [2.75, 3.05) is 25.4 Å². The zero-order valence-electron chi connectivity index (χ0n) is 19.4. The Morgan fingerprint density at radius 3 is 2.38 bits per heavy atom. The highest BCUT2D eigenvalue weighted by atomic mass is 35.5. The van der Waals surface area contributed by atoms with Gasteiger partial charge in [-0.25, -0.2) is 17.8 Å². The zero-order chi connectivity index (χ0) is 22.9. The fourth-order valence-electron chi connectivity index (χ4n) is 4.73. The predicted molar refractivity (Wildman–Crippen MR) is 136 cm³/mol. The average Bonchev–Trinajstić information content (AvgIpc) is 3.42. The minimum absolute atomic E-state index is 0. The fourth-order valence-corrected chi connectivity index (χ4v) is 5.52. The van der Waals surface area contributed by atoms with Crippen LogP contribution >= 0.6 is 24.8 Å². The van der Waals surface area contributed by atoms with Crippen molar-refractivity contribution in [2.45, 2.75) is 56.6 Å². The third-order valence-corrected chi connectivity index (χ3v) is 8.38. The third-order valence-electron chi connectivity index (χ3n) is 6.74. The Balaban J connectivity index is 0.00000204. The molecular weight excluding hydrogens is 500 g/mol. The summed E-state index contributed by atoms with van der Waals surface area (Å²) in [5.74, 6) is -0.859. The number of pyridine rings is 1. The molecule has 188 valence electrons.